The fraction of sp³-hybridized carbons (Fsp3) is 0.455. The summed E-state index contributed by atoms with van der Waals surface area (Å²) in [7, 11) is 0. The van der Waals surface area contributed by atoms with Crippen molar-refractivity contribution < 1.29 is 13.8 Å². The van der Waals surface area contributed by atoms with Crippen LogP contribution in [0.15, 0.2) is 39.4 Å². The fourth-order valence-corrected chi connectivity index (χ4v) is 3.71. The van der Waals surface area contributed by atoms with Crippen LogP contribution in [-0.2, 0) is 4.79 Å². The summed E-state index contributed by atoms with van der Waals surface area (Å²) in [5, 5.41) is 10.7. The van der Waals surface area contributed by atoms with Gasteiger partial charge in [-0.2, -0.15) is 4.98 Å². The number of hydrogen-bond donors (Lipinski definition) is 1. The molecule has 0 unspecified atom stereocenters. The zero-order valence-electron chi connectivity index (χ0n) is 18.3. The van der Waals surface area contributed by atoms with Crippen LogP contribution in [0.25, 0.3) is 11.4 Å². The Hall–Kier alpha value is -3.04. The van der Waals surface area contributed by atoms with Crippen molar-refractivity contribution in [1.29, 1.82) is 0 Å². The molecule has 0 radical (unpaired) electrons. The number of carbonyl (C=O) groups is 1. The summed E-state index contributed by atoms with van der Waals surface area (Å²) in [6, 6.07) is 9.53. The zero-order valence-corrected chi connectivity index (χ0v) is 18.3. The Bertz CT molecular complexity index is 1020. The van der Waals surface area contributed by atoms with Gasteiger partial charge in [-0.3, -0.25) is 19.9 Å². The maximum Gasteiger partial charge on any atom is 0.244 e. The number of anilines is 1. The largest absolute Gasteiger partial charge is 0.338 e. The van der Waals surface area contributed by atoms with Crippen molar-refractivity contribution in [3.05, 3.63) is 47.5 Å². The second-order valence-electron chi connectivity index (χ2n) is 8.07. The lowest BCUT2D eigenvalue weighted by Crippen LogP contribution is -2.53. The number of piperazine rings is 1. The van der Waals surface area contributed by atoms with Crippen LogP contribution in [0.2, 0.25) is 0 Å². The van der Waals surface area contributed by atoms with Crippen LogP contribution >= 0.6 is 0 Å². The molecule has 0 aliphatic carbocycles. The number of aryl methyl sites for hydroxylation is 2. The van der Waals surface area contributed by atoms with Crippen molar-refractivity contribution in [3.63, 3.8) is 0 Å². The van der Waals surface area contributed by atoms with E-state index in [-0.39, 0.29) is 18.0 Å². The van der Waals surface area contributed by atoms with E-state index in [2.05, 4.69) is 37.3 Å². The van der Waals surface area contributed by atoms with Gasteiger partial charge in [-0.05, 0) is 27.7 Å². The lowest BCUT2D eigenvalue weighted by molar-refractivity contribution is -0.121. The van der Waals surface area contributed by atoms with Crippen molar-refractivity contribution in [2.75, 3.05) is 31.5 Å². The number of amides is 1. The molecule has 2 aromatic heterocycles. The molecule has 3 aromatic rings. The van der Waals surface area contributed by atoms with Gasteiger partial charge in [0.25, 0.3) is 0 Å². The molecule has 9 nitrogen and oxygen atoms in total. The van der Waals surface area contributed by atoms with Gasteiger partial charge in [0.2, 0.25) is 23.5 Å². The third-order valence-electron chi connectivity index (χ3n) is 5.81. The minimum Gasteiger partial charge on any atom is -0.338 e. The first-order valence-corrected chi connectivity index (χ1v) is 10.5. The normalized spacial score (nSPS) is 17.4. The van der Waals surface area contributed by atoms with Crippen LogP contribution in [0.3, 0.4) is 0 Å². The summed E-state index contributed by atoms with van der Waals surface area (Å²) in [4.78, 5) is 21.6. The topological polar surface area (TPSA) is 101 Å². The van der Waals surface area contributed by atoms with E-state index in [0.717, 1.165) is 37.4 Å². The van der Waals surface area contributed by atoms with Crippen LogP contribution < -0.4 is 5.32 Å². The molecular formula is C22H28N6O3. The highest BCUT2D eigenvalue weighted by atomic mass is 16.5. The summed E-state index contributed by atoms with van der Waals surface area (Å²) >= 11 is 0. The number of rotatable bonds is 6. The van der Waals surface area contributed by atoms with Crippen LogP contribution in [0.1, 0.15) is 37.0 Å². The molecule has 0 spiro atoms. The molecule has 1 N–H and O–H groups in total. The van der Waals surface area contributed by atoms with Gasteiger partial charge in [0, 0.05) is 37.8 Å². The van der Waals surface area contributed by atoms with Gasteiger partial charge in [0.15, 0.2) is 0 Å². The van der Waals surface area contributed by atoms with Crippen LogP contribution in [0.5, 0.6) is 0 Å². The lowest BCUT2D eigenvalue weighted by Gasteiger charge is -2.38. The van der Waals surface area contributed by atoms with Gasteiger partial charge < -0.3 is 9.05 Å². The molecule has 0 saturated carbocycles. The third-order valence-corrected chi connectivity index (χ3v) is 5.81. The quantitative estimate of drug-likeness (QED) is 0.644. The highest BCUT2D eigenvalue weighted by Gasteiger charge is 2.30. The number of nitrogens with zero attached hydrogens (tertiary/aromatic N) is 5. The van der Waals surface area contributed by atoms with Crippen molar-refractivity contribution in [2.45, 2.75) is 39.8 Å². The summed E-state index contributed by atoms with van der Waals surface area (Å²) in [5.74, 6) is 1.49. The van der Waals surface area contributed by atoms with E-state index in [1.165, 1.54) is 5.56 Å². The number of hydrogen-bond acceptors (Lipinski definition) is 8. The predicted octanol–water partition coefficient (Wildman–Crippen LogP) is 3.05. The Balaban J connectivity index is 1.32. The Morgan fingerprint density at radius 3 is 2.32 bits per heavy atom. The molecule has 4 rings (SSSR count). The first-order valence-electron chi connectivity index (χ1n) is 10.5. The molecule has 1 amide bonds. The van der Waals surface area contributed by atoms with E-state index >= 15 is 0 Å². The van der Waals surface area contributed by atoms with E-state index in [1.807, 2.05) is 45.0 Å². The number of aromatic nitrogens is 3. The van der Waals surface area contributed by atoms with Gasteiger partial charge in [0.1, 0.15) is 0 Å². The van der Waals surface area contributed by atoms with Crippen molar-refractivity contribution in [2.24, 2.45) is 0 Å². The Morgan fingerprint density at radius 1 is 1.00 bits per heavy atom. The molecule has 2 atom stereocenters. The van der Waals surface area contributed by atoms with Crippen LogP contribution in [-0.4, -0.2) is 63.2 Å². The second-order valence-corrected chi connectivity index (χ2v) is 8.07. The molecule has 0 bridgehead atoms. The molecule has 31 heavy (non-hydrogen) atoms. The van der Waals surface area contributed by atoms with E-state index in [0.29, 0.717) is 17.6 Å². The van der Waals surface area contributed by atoms with Gasteiger partial charge in [-0.15, -0.1) is 0 Å². The number of benzene rings is 1. The Kier molecular flexibility index (Phi) is 6.15. The zero-order chi connectivity index (χ0) is 22.0. The van der Waals surface area contributed by atoms with E-state index < -0.39 is 0 Å². The molecular weight excluding hydrogens is 396 g/mol. The van der Waals surface area contributed by atoms with Crippen molar-refractivity contribution >= 4 is 11.8 Å². The van der Waals surface area contributed by atoms with Gasteiger partial charge in [-0.25, -0.2) is 0 Å². The first kappa shape index (κ1) is 21.2. The lowest BCUT2D eigenvalue weighted by atomic mass is 10.1. The minimum absolute atomic E-state index is 0.00940. The fourth-order valence-electron chi connectivity index (χ4n) is 3.71. The second kappa shape index (κ2) is 8.99. The first-order chi connectivity index (χ1) is 14.9. The summed E-state index contributed by atoms with van der Waals surface area (Å²) in [6.07, 6.45) is 0. The molecule has 3 heterocycles. The van der Waals surface area contributed by atoms with Crippen molar-refractivity contribution in [3.8, 4) is 11.4 Å². The van der Waals surface area contributed by atoms with E-state index in [1.54, 1.807) is 6.07 Å². The number of carbonyl (C=O) groups excluding carboxylic acids is 1. The smallest absolute Gasteiger partial charge is 0.244 e. The highest BCUT2D eigenvalue weighted by Crippen LogP contribution is 2.24. The average Bonchev–Trinajstić information content (AvgIpc) is 3.42. The molecule has 1 aliphatic rings. The number of nitrogens with one attached hydrogen (secondary N) is 1. The highest BCUT2D eigenvalue weighted by molar-refractivity contribution is 5.93. The maximum absolute atomic E-state index is 12.5. The van der Waals surface area contributed by atoms with Gasteiger partial charge >= 0.3 is 0 Å². The third kappa shape index (κ3) is 4.83. The van der Waals surface area contributed by atoms with Crippen molar-refractivity contribution in [1.82, 2.24) is 25.1 Å². The monoisotopic (exact) mass is 424 g/mol. The maximum atomic E-state index is 12.5. The molecule has 9 heteroatoms. The molecule has 1 fully saturated rings. The Labute approximate surface area is 181 Å². The Morgan fingerprint density at radius 2 is 1.68 bits per heavy atom. The standard InChI is InChI=1S/C22H28N6O3/c1-14-5-7-18(8-6-14)20-24-22(31-26-20)17(4)28-11-9-27(10-12-28)16(3)21(29)23-19-13-15(2)25-30-19/h5-8,13,16-17H,9-12H2,1-4H3,(H,23,29)/t16-,17+/m1/s1. The molecule has 164 valence electrons. The average molecular weight is 425 g/mol. The minimum atomic E-state index is -0.264. The molecule has 1 aromatic carbocycles. The van der Waals surface area contributed by atoms with Crippen LogP contribution in [0, 0.1) is 13.8 Å². The molecule has 1 aliphatic heterocycles. The van der Waals surface area contributed by atoms with Crippen LogP contribution in [0.4, 0.5) is 5.88 Å². The van der Waals surface area contributed by atoms with E-state index in [9.17, 15) is 4.79 Å². The summed E-state index contributed by atoms with van der Waals surface area (Å²) in [5.41, 5.74) is 2.87. The van der Waals surface area contributed by atoms with E-state index in [4.69, 9.17) is 9.05 Å². The summed E-state index contributed by atoms with van der Waals surface area (Å²) in [6.45, 7) is 11.0. The predicted molar refractivity (Wildman–Crippen MR) is 115 cm³/mol. The van der Waals surface area contributed by atoms with Gasteiger partial charge in [0.05, 0.1) is 17.8 Å². The SMILES string of the molecule is Cc1ccc(-c2noc([C@H](C)N3CCN([C@H](C)C(=O)Nc4cc(C)no4)CC3)n2)cc1. The summed E-state index contributed by atoms with van der Waals surface area (Å²) < 4.78 is 10.6. The van der Waals surface area contributed by atoms with Gasteiger partial charge in [-0.1, -0.05) is 40.1 Å². The molecule has 1 saturated heterocycles.